The minimum atomic E-state index is -0.514. The average Bonchev–Trinajstić information content (AvgIpc) is 2.92. The Morgan fingerprint density at radius 1 is 1.43 bits per heavy atom. The van der Waals surface area contributed by atoms with Crippen molar-refractivity contribution < 1.29 is 18.7 Å². The summed E-state index contributed by atoms with van der Waals surface area (Å²) >= 11 is 7.67. The second kappa shape index (κ2) is 8.18. The lowest BCUT2D eigenvalue weighted by molar-refractivity contribution is -0.140. The lowest BCUT2D eigenvalue weighted by Gasteiger charge is -2.02. The van der Waals surface area contributed by atoms with Gasteiger partial charge in [-0.3, -0.25) is 9.59 Å². The molecule has 1 aromatic carbocycles. The number of hydrogen-bond donors (Lipinski definition) is 1. The Bertz CT molecular complexity index is 758. The molecule has 10 heteroatoms. The summed E-state index contributed by atoms with van der Waals surface area (Å²) in [5.74, 6) is -1.07. The van der Waals surface area contributed by atoms with Crippen LogP contribution in [-0.2, 0) is 14.3 Å². The van der Waals surface area contributed by atoms with E-state index in [2.05, 4.69) is 15.2 Å². The predicted molar refractivity (Wildman–Crippen MR) is 88.0 cm³/mol. The first kappa shape index (κ1) is 17.6. The lowest BCUT2D eigenvalue weighted by Crippen LogP contribution is -2.31. The second-order valence-electron chi connectivity index (χ2n) is 4.16. The Morgan fingerprint density at radius 2 is 2.13 bits per heavy atom. The zero-order chi connectivity index (χ0) is 16.8. The van der Waals surface area contributed by atoms with Gasteiger partial charge in [0.1, 0.15) is 12.4 Å². The lowest BCUT2D eigenvalue weighted by atomic mass is 10.3. The third kappa shape index (κ3) is 5.12. The van der Waals surface area contributed by atoms with Crippen molar-refractivity contribution in [2.24, 2.45) is 0 Å². The maximum atomic E-state index is 12.9. The highest BCUT2D eigenvalue weighted by Gasteiger charge is 2.10. The van der Waals surface area contributed by atoms with Gasteiger partial charge in [0.25, 0.3) is 0 Å². The van der Waals surface area contributed by atoms with E-state index in [0.29, 0.717) is 14.0 Å². The van der Waals surface area contributed by atoms with Crippen molar-refractivity contribution in [3.05, 3.63) is 34.0 Å². The molecule has 2 rings (SSSR count). The third-order valence-electron chi connectivity index (χ3n) is 2.58. The van der Waals surface area contributed by atoms with Crippen LogP contribution in [0.1, 0.15) is 0 Å². The summed E-state index contributed by atoms with van der Waals surface area (Å²) in [7, 11) is 1.25. The minimum Gasteiger partial charge on any atom is -0.468 e. The van der Waals surface area contributed by atoms with E-state index in [0.717, 1.165) is 0 Å². The molecule has 0 spiro atoms. The number of rotatable bonds is 6. The van der Waals surface area contributed by atoms with Crippen LogP contribution >= 0.6 is 35.3 Å². The van der Waals surface area contributed by atoms with Crippen molar-refractivity contribution in [1.29, 1.82) is 0 Å². The van der Waals surface area contributed by atoms with E-state index in [4.69, 9.17) is 12.2 Å². The average molecular weight is 373 g/mol. The number of methoxy groups -OCH3 is 1. The van der Waals surface area contributed by atoms with Crippen molar-refractivity contribution in [2.45, 2.75) is 4.34 Å². The molecule has 1 N–H and O–H groups in total. The van der Waals surface area contributed by atoms with Crippen LogP contribution in [0.2, 0.25) is 0 Å². The van der Waals surface area contributed by atoms with Crippen molar-refractivity contribution in [3.63, 3.8) is 0 Å². The molecule has 0 fully saturated rings. The molecule has 0 saturated heterocycles. The van der Waals surface area contributed by atoms with Gasteiger partial charge in [-0.25, -0.2) is 9.07 Å². The maximum Gasteiger partial charge on any atom is 0.325 e. The standard InChI is InChI=1S/C13H12FN3O3S3/c1-20-11(19)6-15-10(18)7-22-12-16-17(13(21)23-12)9-4-2-8(14)3-5-9/h2-5H,6-7H2,1H3,(H,15,18). The van der Waals surface area contributed by atoms with Crippen LogP contribution in [0.15, 0.2) is 28.6 Å². The smallest absolute Gasteiger partial charge is 0.325 e. The topological polar surface area (TPSA) is 73.2 Å². The predicted octanol–water partition coefficient (Wildman–Crippen LogP) is 2.18. The van der Waals surface area contributed by atoms with E-state index in [1.165, 1.54) is 47.0 Å². The van der Waals surface area contributed by atoms with Crippen LogP contribution < -0.4 is 5.32 Å². The maximum absolute atomic E-state index is 12.9. The molecule has 2 aromatic rings. The molecule has 0 aliphatic heterocycles. The molecule has 23 heavy (non-hydrogen) atoms. The van der Waals surface area contributed by atoms with Gasteiger partial charge in [-0.2, -0.15) is 0 Å². The van der Waals surface area contributed by atoms with Crippen LogP contribution in [0, 0.1) is 9.77 Å². The molecule has 1 amide bonds. The number of carbonyl (C=O) groups is 2. The first-order valence-electron chi connectivity index (χ1n) is 6.32. The highest BCUT2D eigenvalue weighted by atomic mass is 32.2. The summed E-state index contributed by atoms with van der Waals surface area (Å²) in [4.78, 5) is 22.5. The summed E-state index contributed by atoms with van der Waals surface area (Å²) in [6.45, 7) is -0.171. The normalized spacial score (nSPS) is 10.3. The highest BCUT2D eigenvalue weighted by molar-refractivity contribution is 8.01. The van der Waals surface area contributed by atoms with Gasteiger partial charge in [-0.15, -0.1) is 5.10 Å². The molecular formula is C13H12FN3O3S3. The van der Waals surface area contributed by atoms with Crippen molar-refractivity contribution in [2.75, 3.05) is 19.4 Å². The van der Waals surface area contributed by atoms with E-state index in [-0.39, 0.29) is 24.0 Å². The van der Waals surface area contributed by atoms with E-state index < -0.39 is 5.97 Å². The first-order chi connectivity index (χ1) is 11.0. The van der Waals surface area contributed by atoms with Crippen LogP contribution in [0.3, 0.4) is 0 Å². The zero-order valence-corrected chi connectivity index (χ0v) is 14.4. The molecule has 0 aliphatic carbocycles. The van der Waals surface area contributed by atoms with Gasteiger partial charge in [0, 0.05) is 0 Å². The molecular weight excluding hydrogens is 361 g/mol. The van der Waals surface area contributed by atoms with E-state index in [1.807, 2.05) is 0 Å². The molecule has 0 aliphatic rings. The minimum absolute atomic E-state index is 0.0999. The van der Waals surface area contributed by atoms with Gasteiger partial charge < -0.3 is 10.1 Å². The summed E-state index contributed by atoms with van der Waals surface area (Å²) in [6.07, 6.45) is 0. The molecule has 1 aromatic heterocycles. The number of thioether (sulfide) groups is 1. The molecule has 0 atom stereocenters. The molecule has 122 valence electrons. The van der Waals surface area contributed by atoms with E-state index >= 15 is 0 Å². The summed E-state index contributed by atoms with van der Waals surface area (Å²) < 4.78 is 20.0. The van der Waals surface area contributed by atoms with Gasteiger partial charge >= 0.3 is 5.97 Å². The molecule has 0 radical (unpaired) electrons. The number of benzene rings is 1. The number of nitrogens with zero attached hydrogens (tertiary/aromatic N) is 2. The second-order valence-corrected chi connectivity index (χ2v) is 7.01. The Kier molecular flexibility index (Phi) is 6.25. The van der Waals surface area contributed by atoms with Crippen LogP contribution in [0.25, 0.3) is 5.69 Å². The van der Waals surface area contributed by atoms with Gasteiger partial charge in [-0.05, 0) is 36.5 Å². The van der Waals surface area contributed by atoms with Gasteiger partial charge in [0.15, 0.2) is 8.29 Å². The summed E-state index contributed by atoms with van der Waals surface area (Å²) in [5.41, 5.74) is 0.648. The van der Waals surface area contributed by atoms with Gasteiger partial charge in [0.05, 0.1) is 18.6 Å². The first-order valence-corrected chi connectivity index (χ1v) is 8.53. The van der Waals surface area contributed by atoms with Crippen LogP contribution in [-0.4, -0.2) is 41.1 Å². The SMILES string of the molecule is COC(=O)CNC(=O)CSc1nn(-c2ccc(F)cc2)c(=S)s1. The Hall–Kier alpha value is -1.78. The molecule has 0 saturated carbocycles. The molecule has 1 heterocycles. The quantitative estimate of drug-likeness (QED) is 0.475. The zero-order valence-electron chi connectivity index (χ0n) is 11.9. The molecule has 0 bridgehead atoms. The van der Waals surface area contributed by atoms with Crippen molar-refractivity contribution >= 4 is 47.2 Å². The van der Waals surface area contributed by atoms with E-state index in [1.54, 1.807) is 12.1 Å². The molecule has 0 unspecified atom stereocenters. The fourth-order valence-corrected chi connectivity index (χ4v) is 3.68. The number of hydrogen-bond acceptors (Lipinski definition) is 7. The highest BCUT2D eigenvalue weighted by Crippen LogP contribution is 2.23. The summed E-state index contributed by atoms with van der Waals surface area (Å²) in [5, 5.41) is 6.72. The Balaban J connectivity index is 1.96. The largest absolute Gasteiger partial charge is 0.468 e. The van der Waals surface area contributed by atoms with Crippen LogP contribution in [0.4, 0.5) is 4.39 Å². The third-order valence-corrected chi connectivity index (χ3v) is 4.95. The number of nitrogens with one attached hydrogen (secondary N) is 1. The fraction of sp³-hybridized carbons (Fsp3) is 0.231. The van der Waals surface area contributed by atoms with Crippen molar-refractivity contribution in [1.82, 2.24) is 15.1 Å². The number of ether oxygens (including phenoxy) is 1. The number of halogens is 1. The van der Waals surface area contributed by atoms with Crippen LogP contribution in [0.5, 0.6) is 0 Å². The Morgan fingerprint density at radius 3 is 2.78 bits per heavy atom. The Labute approximate surface area is 144 Å². The van der Waals surface area contributed by atoms with Crippen molar-refractivity contribution in [3.8, 4) is 5.69 Å². The number of esters is 1. The fourth-order valence-electron chi connectivity index (χ4n) is 1.49. The number of aromatic nitrogens is 2. The number of amides is 1. The van der Waals surface area contributed by atoms with Gasteiger partial charge in [0.2, 0.25) is 5.91 Å². The number of carbonyl (C=O) groups excluding carboxylic acids is 2. The summed E-state index contributed by atoms with van der Waals surface area (Å²) in [6, 6.07) is 5.79. The molecule has 6 nitrogen and oxygen atoms in total. The monoisotopic (exact) mass is 373 g/mol. The van der Waals surface area contributed by atoms with E-state index in [9.17, 15) is 14.0 Å². The van der Waals surface area contributed by atoms with Gasteiger partial charge in [-0.1, -0.05) is 23.1 Å².